The molecule has 0 radical (unpaired) electrons. The smallest absolute Gasteiger partial charge is 0.158 e. The summed E-state index contributed by atoms with van der Waals surface area (Å²) in [5, 5.41) is 14.9. The highest BCUT2D eigenvalue weighted by molar-refractivity contribution is 6.31. The lowest BCUT2D eigenvalue weighted by atomic mass is 10.00. The van der Waals surface area contributed by atoms with Crippen LogP contribution in [0.25, 0.3) is 21.9 Å². The van der Waals surface area contributed by atoms with Crippen molar-refractivity contribution in [3.8, 4) is 22.6 Å². The van der Waals surface area contributed by atoms with E-state index in [2.05, 4.69) is 39.8 Å². The molecule has 0 spiro atoms. The number of hydrogen-bond acceptors (Lipinski definition) is 7. The van der Waals surface area contributed by atoms with Gasteiger partial charge in [-0.25, -0.2) is 0 Å². The Kier molecular flexibility index (Phi) is 7.74. The number of anilines is 1. The summed E-state index contributed by atoms with van der Waals surface area (Å²) in [5.74, 6) is 2.21. The Hall–Kier alpha value is -3.39. The lowest BCUT2D eigenvalue weighted by Gasteiger charge is -2.14. The molecule has 7 nitrogen and oxygen atoms in total. The molecule has 1 aromatic heterocycles. The van der Waals surface area contributed by atoms with Crippen molar-refractivity contribution in [3.05, 3.63) is 76.4 Å². The zero-order valence-corrected chi connectivity index (χ0v) is 22.0. The summed E-state index contributed by atoms with van der Waals surface area (Å²) >= 11 is 6.61. The molecule has 2 heterocycles. The molecule has 37 heavy (non-hydrogen) atoms. The second kappa shape index (κ2) is 11.3. The van der Waals surface area contributed by atoms with Gasteiger partial charge in [0.15, 0.2) is 12.1 Å². The summed E-state index contributed by atoms with van der Waals surface area (Å²) in [6.45, 7) is 3.70. The van der Waals surface area contributed by atoms with Gasteiger partial charge in [-0.1, -0.05) is 29.8 Å². The third-order valence-corrected chi connectivity index (χ3v) is 6.96. The number of nitrogens with one attached hydrogen (secondary N) is 1. The van der Waals surface area contributed by atoms with Crippen LogP contribution in [0.5, 0.6) is 11.5 Å². The zero-order valence-electron chi connectivity index (χ0n) is 21.2. The number of aryl methyl sites for hydroxylation is 1. The van der Waals surface area contributed by atoms with Crippen LogP contribution in [0.15, 0.2) is 54.6 Å². The molecule has 5 rings (SSSR count). The maximum Gasteiger partial charge on any atom is 0.158 e. The van der Waals surface area contributed by atoms with Gasteiger partial charge < -0.3 is 24.3 Å². The van der Waals surface area contributed by atoms with Gasteiger partial charge in [0.05, 0.1) is 26.5 Å². The number of halogens is 1. The summed E-state index contributed by atoms with van der Waals surface area (Å²) in [4.78, 5) is 0. The lowest BCUT2D eigenvalue weighted by Crippen LogP contribution is -2.10. The average molecular weight is 520 g/mol. The second-order valence-corrected chi connectivity index (χ2v) is 9.39. The van der Waals surface area contributed by atoms with Crippen LogP contribution in [0.4, 0.5) is 5.82 Å². The highest BCUT2D eigenvalue weighted by Gasteiger charge is 2.17. The summed E-state index contributed by atoms with van der Waals surface area (Å²) in [6.07, 6.45) is 1.84. The molecule has 1 aliphatic rings. The SMILES string of the molecule is COc1ccc(CNc2nnc(C)c3cc(-c4ccc(COC5CCCO5)c(Cl)c4)ccc23)c(OC)c1. The van der Waals surface area contributed by atoms with Crippen LogP contribution < -0.4 is 14.8 Å². The van der Waals surface area contributed by atoms with E-state index < -0.39 is 0 Å². The first-order valence-electron chi connectivity index (χ1n) is 12.3. The maximum absolute atomic E-state index is 6.61. The fraction of sp³-hybridized carbons (Fsp3) is 0.310. The first-order chi connectivity index (χ1) is 18.1. The van der Waals surface area contributed by atoms with Crippen LogP contribution in [0.3, 0.4) is 0 Å². The first kappa shape index (κ1) is 25.3. The highest BCUT2D eigenvalue weighted by atomic mass is 35.5. The van der Waals surface area contributed by atoms with E-state index in [1.807, 2.05) is 37.3 Å². The molecule has 0 aliphatic carbocycles. The summed E-state index contributed by atoms with van der Waals surface area (Å²) in [6, 6.07) is 18.1. The molecule has 3 aromatic carbocycles. The molecule has 8 heteroatoms. The van der Waals surface area contributed by atoms with Gasteiger partial charge >= 0.3 is 0 Å². The Morgan fingerprint density at radius 1 is 0.946 bits per heavy atom. The Morgan fingerprint density at radius 2 is 1.76 bits per heavy atom. The van der Waals surface area contributed by atoms with Crippen molar-refractivity contribution in [2.75, 3.05) is 26.1 Å². The highest BCUT2D eigenvalue weighted by Crippen LogP contribution is 2.32. The third-order valence-electron chi connectivity index (χ3n) is 6.60. The van der Waals surface area contributed by atoms with Crippen molar-refractivity contribution in [2.45, 2.75) is 39.2 Å². The number of aromatic nitrogens is 2. The minimum absolute atomic E-state index is 0.131. The van der Waals surface area contributed by atoms with E-state index in [-0.39, 0.29) is 6.29 Å². The zero-order chi connectivity index (χ0) is 25.8. The minimum Gasteiger partial charge on any atom is -0.497 e. The van der Waals surface area contributed by atoms with Gasteiger partial charge in [0.2, 0.25) is 0 Å². The fourth-order valence-corrected chi connectivity index (χ4v) is 4.71. The molecule has 0 bridgehead atoms. The van der Waals surface area contributed by atoms with Gasteiger partial charge in [0.25, 0.3) is 0 Å². The third kappa shape index (κ3) is 5.64. The quantitative estimate of drug-likeness (QED) is 0.269. The second-order valence-electron chi connectivity index (χ2n) is 8.99. The molecule has 0 amide bonds. The van der Waals surface area contributed by atoms with E-state index in [4.69, 9.17) is 30.5 Å². The standard InChI is InChI=1S/C29H30ClN3O4/c1-18-25-13-19(20-6-7-22(26(30)14-20)17-37-28-5-4-12-36-28)9-11-24(25)29(33-32-18)31-16-21-8-10-23(34-2)15-27(21)35-3/h6-11,13-15,28H,4-5,12,16-17H2,1-3H3,(H,31,33). The molecule has 1 saturated heterocycles. The molecule has 4 aromatic rings. The molecule has 1 aliphatic heterocycles. The number of fused-ring (bicyclic) bond motifs is 1. The number of benzene rings is 3. The molecule has 1 atom stereocenters. The van der Waals surface area contributed by atoms with Gasteiger partial charge in [0, 0.05) is 47.0 Å². The predicted molar refractivity (Wildman–Crippen MR) is 145 cm³/mol. The van der Waals surface area contributed by atoms with Crippen molar-refractivity contribution in [2.24, 2.45) is 0 Å². The number of methoxy groups -OCH3 is 2. The van der Waals surface area contributed by atoms with Crippen LogP contribution in [-0.4, -0.2) is 37.3 Å². The fourth-order valence-electron chi connectivity index (χ4n) is 4.48. The van der Waals surface area contributed by atoms with Gasteiger partial charge in [-0.05, 0) is 60.4 Å². The van der Waals surface area contributed by atoms with E-state index in [0.29, 0.717) is 24.0 Å². The molecule has 192 valence electrons. The molecule has 1 fully saturated rings. The number of hydrogen-bond donors (Lipinski definition) is 1. The molecular weight excluding hydrogens is 490 g/mol. The van der Waals surface area contributed by atoms with Gasteiger partial charge in [-0.15, -0.1) is 5.10 Å². The first-order valence-corrected chi connectivity index (χ1v) is 12.7. The van der Waals surface area contributed by atoms with Crippen molar-refractivity contribution in [1.82, 2.24) is 10.2 Å². The van der Waals surface area contributed by atoms with Crippen molar-refractivity contribution in [1.29, 1.82) is 0 Å². The van der Waals surface area contributed by atoms with E-state index in [1.54, 1.807) is 14.2 Å². The predicted octanol–water partition coefficient (Wildman–Crippen LogP) is 6.54. The van der Waals surface area contributed by atoms with Crippen molar-refractivity contribution in [3.63, 3.8) is 0 Å². The monoisotopic (exact) mass is 519 g/mol. The molecule has 1 N–H and O–H groups in total. The van der Waals surface area contributed by atoms with Crippen LogP contribution in [-0.2, 0) is 22.6 Å². The van der Waals surface area contributed by atoms with Crippen molar-refractivity contribution >= 4 is 28.2 Å². The van der Waals surface area contributed by atoms with E-state index in [9.17, 15) is 0 Å². The minimum atomic E-state index is -0.131. The normalized spacial score (nSPS) is 15.2. The number of ether oxygens (including phenoxy) is 4. The van der Waals surface area contributed by atoms with Crippen LogP contribution >= 0.6 is 11.6 Å². The van der Waals surface area contributed by atoms with Crippen LogP contribution in [0.2, 0.25) is 5.02 Å². The Balaban J connectivity index is 1.36. The van der Waals surface area contributed by atoms with E-state index in [1.165, 1.54) is 0 Å². The van der Waals surface area contributed by atoms with Crippen molar-refractivity contribution < 1.29 is 18.9 Å². The topological polar surface area (TPSA) is 74.7 Å². The Bertz CT molecular complexity index is 1410. The van der Waals surface area contributed by atoms with Gasteiger partial charge in [-0.3, -0.25) is 0 Å². The van der Waals surface area contributed by atoms with E-state index >= 15 is 0 Å². The van der Waals surface area contributed by atoms with Gasteiger partial charge in [-0.2, -0.15) is 5.10 Å². The number of nitrogens with zero attached hydrogens (tertiary/aromatic N) is 2. The molecule has 1 unspecified atom stereocenters. The van der Waals surface area contributed by atoms with Crippen LogP contribution in [0.1, 0.15) is 29.7 Å². The maximum atomic E-state index is 6.61. The van der Waals surface area contributed by atoms with Crippen LogP contribution in [0, 0.1) is 6.92 Å². The summed E-state index contributed by atoms with van der Waals surface area (Å²) in [7, 11) is 3.29. The molecule has 0 saturated carbocycles. The lowest BCUT2D eigenvalue weighted by molar-refractivity contribution is -0.118. The average Bonchev–Trinajstić information content (AvgIpc) is 3.45. The van der Waals surface area contributed by atoms with E-state index in [0.717, 1.165) is 69.7 Å². The summed E-state index contributed by atoms with van der Waals surface area (Å²) in [5.41, 5.74) is 4.89. The molecular formula is C29H30ClN3O4. The Morgan fingerprint density at radius 3 is 2.51 bits per heavy atom. The summed E-state index contributed by atoms with van der Waals surface area (Å²) < 4.78 is 22.2. The largest absolute Gasteiger partial charge is 0.497 e. The van der Waals surface area contributed by atoms with Gasteiger partial charge in [0.1, 0.15) is 11.5 Å². The number of rotatable bonds is 9. The Labute approximate surface area is 221 Å².